The van der Waals surface area contributed by atoms with Crippen molar-refractivity contribution >= 4 is 33.2 Å². The molecule has 4 nitrogen and oxygen atoms in total. The summed E-state index contributed by atoms with van der Waals surface area (Å²) in [5, 5.41) is 2.86. The molecule has 0 spiro atoms. The zero-order valence-electron chi connectivity index (χ0n) is 11.9. The van der Waals surface area contributed by atoms with Crippen LogP contribution in [-0.4, -0.2) is 12.5 Å². The summed E-state index contributed by atoms with van der Waals surface area (Å²) in [6, 6.07) is 10.8. The number of amides is 1. The number of nitrogen functional groups attached to an aromatic ring is 1. The van der Waals surface area contributed by atoms with Crippen LogP contribution in [0.1, 0.15) is 22.8 Å². The predicted octanol–water partition coefficient (Wildman–Crippen LogP) is 3.99. The molecule has 0 bridgehead atoms. The largest absolute Gasteiger partial charge is 0.492 e. The van der Waals surface area contributed by atoms with Gasteiger partial charge < -0.3 is 15.8 Å². The van der Waals surface area contributed by atoms with Crippen molar-refractivity contribution in [1.82, 2.24) is 0 Å². The maximum Gasteiger partial charge on any atom is 0.256 e. The first-order valence-corrected chi connectivity index (χ1v) is 7.41. The molecule has 0 saturated carbocycles. The Hall–Kier alpha value is -2.01. The highest BCUT2D eigenvalue weighted by atomic mass is 79.9. The first-order valence-electron chi connectivity index (χ1n) is 6.61. The lowest BCUT2D eigenvalue weighted by Gasteiger charge is -2.13. The number of aryl methyl sites for hydroxylation is 1. The van der Waals surface area contributed by atoms with Gasteiger partial charge in [0, 0.05) is 5.69 Å². The molecule has 0 aliphatic carbocycles. The van der Waals surface area contributed by atoms with Crippen molar-refractivity contribution in [2.75, 3.05) is 17.7 Å². The highest BCUT2D eigenvalue weighted by Crippen LogP contribution is 2.28. The van der Waals surface area contributed by atoms with Crippen LogP contribution in [0.3, 0.4) is 0 Å². The van der Waals surface area contributed by atoms with Crippen LogP contribution in [0.15, 0.2) is 40.9 Å². The van der Waals surface area contributed by atoms with Crippen LogP contribution in [0.2, 0.25) is 0 Å². The van der Waals surface area contributed by atoms with E-state index in [-0.39, 0.29) is 5.91 Å². The number of nitrogens with one attached hydrogen (secondary N) is 1. The topological polar surface area (TPSA) is 64.3 Å². The minimum Gasteiger partial charge on any atom is -0.492 e. The summed E-state index contributed by atoms with van der Waals surface area (Å²) in [5.74, 6) is 0.421. The summed E-state index contributed by atoms with van der Waals surface area (Å²) < 4.78 is 6.15. The van der Waals surface area contributed by atoms with Gasteiger partial charge in [-0.25, -0.2) is 0 Å². The first kappa shape index (κ1) is 15.4. The summed E-state index contributed by atoms with van der Waals surface area (Å²) in [5.41, 5.74) is 8.52. The number of carbonyl (C=O) groups excluding carboxylic acids is 1. The second-order valence-corrected chi connectivity index (χ2v) is 5.39. The fraction of sp³-hybridized carbons (Fsp3) is 0.188. The summed E-state index contributed by atoms with van der Waals surface area (Å²) in [6.45, 7) is 4.42. The quantitative estimate of drug-likeness (QED) is 0.821. The summed E-state index contributed by atoms with van der Waals surface area (Å²) in [4.78, 5) is 12.4. The molecule has 110 valence electrons. The molecular weight excluding hydrogens is 332 g/mol. The lowest BCUT2D eigenvalue weighted by molar-refractivity contribution is 0.102. The van der Waals surface area contributed by atoms with Crippen LogP contribution in [0.25, 0.3) is 0 Å². The Morgan fingerprint density at radius 3 is 2.81 bits per heavy atom. The van der Waals surface area contributed by atoms with Crippen LogP contribution in [-0.2, 0) is 0 Å². The molecule has 0 fully saturated rings. The standard InChI is InChI=1S/C16H17BrN2O2/c1-3-21-14-9-10(2)7-8-13(14)19-16(20)11-5-4-6-12(18)15(11)17/h4-9H,3,18H2,1-2H3,(H,19,20). The molecule has 0 atom stereocenters. The Balaban J connectivity index is 2.29. The van der Waals surface area contributed by atoms with Gasteiger partial charge in [0.15, 0.2) is 0 Å². The monoisotopic (exact) mass is 348 g/mol. The lowest BCUT2D eigenvalue weighted by Crippen LogP contribution is -2.14. The molecule has 0 aromatic heterocycles. The van der Waals surface area contributed by atoms with Gasteiger partial charge in [0.1, 0.15) is 5.75 Å². The SMILES string of the molecule is CCOc1cc(C)ccc1NC(=O)c1cccc(N)c1Br. The molecule has 0 saturated heterocycles. The van der Waals surface area contributed by atoms with Crippen molar-refractivity contribution in [3.8, 4) is 5.75 Å². The molecule has 0 aliphatic rings. The second-order valence-electron chi connectivity index (χ2n) is 4.60. The number of hydrogen-bond donors (Lipinski definition) is 2. The van der Waals surface area contributed by atoms with Gasteiger partial charge in [0.25, 0.3) is 5.91 Å². The third-order valence-electron chi connectivity index (χ3n) is 2.96. The molecule has 2 aromatic rings. The van der Waals surface area contributed by atoms with Crippen LogP contribution in [0.5, 0.6) is 5.75 Å². The van der Waals surface area contributed by atoms with E-state index in [9.17, 15) is 4.79 Å². The highest BCUT2D eigenvalue weighted by molar-refractivity contribution is 9.10. The molecule has 1 amide bonds. The molecule has 21 heavy (non-hydrogen) atoms. The minimum absolute atomic E-state index is 0.237. The van der Waals surface area contributed by atoms with E-state index >= 15 is 0 Å². The minimum atomic E-state index is -0.237. The van der Waals surface area contributed by atoms with Crippen molar-refractivity contribution in [3.63, 3.8) is 0 Å². The van der Waals surface area contributed by atoms with Crippen molar-refractivity contribution < 1.29 is 9.53 Å². The molecule has 5 heteroatoms. The van der Waals surface area contributed by atoms with Crippen molar-refractivity contribution in [1.29, 1.82) is 0 Å². The van der Waals surface area contributed by atoms with E-state index in [0.717, 1.165) is 5.56 Å². The molecule has 0 aliphatic heterocycles. The first-order chi connectivity index (χ1) is 10.0. The Kier molecular flexibility index (Phi) is 4.85. The van der Waals surface area contributed by atoms with Gasteiger partial charge in [-0.05, 0) is 59.6 Å². The molecular formula is C16H17BrN2O2. The third kappa shape index (κ3) is 3.55. The van der Waals surface area contributed by atoms with Gasteiger partial charge >= 0.3 is 0 Å². The van der Waals surface area contributed by atoms with Gasteiger partial charge in [0.2, 0.25) is 0 Å². The molecule has 2 aromatic carbocycles. The van der Waals surface area contributed by atoms with E-state index in [4.69, 9.17) is 10.5 Å². The maximum absolute atomic E-state index is 12.4. The average Bonchev–Trinajstić information content (AvgIpc) is 2.45. The number of hydrogen-bond acceptors (Lipinski definition) is 3. The third-order valence-corrected chi connectivity index (χ3v) is 3.84. The number of halogens is 1. The summed E-state index contributed by atoms with van der Waals surface area (Å²) in [7, 11) is 0. The highest BCUT2D eigenvalue weighted by Gasteiger charge is 2.14. The van der Waals surface area contributed by atoms with E-state index in [0.29, 0.717) is 33.8 Å². The molecule has 0 heterocycles. The number of rotatable bonds is 4. The fourth-order valence-electron chi connectivity index (χ4n) is 1.92. The Morgan fingerprint density at radius 2 is 2.10 bits per heavy atom. The van der Waals surface area contributed by atoms with E-state index in [1.807, 2.05) is 32.0 Å². The summed E-state index contributed by atoms with van der Waals surface area (Å²) >= 11 is 3.34. The van der Waals surface area contributed by atoms with Gasteiger partial charge in [0.05, 0.1) is 22.3 Å². The molecule has 2 rings (SSSR count). The molecule has 0 unspecified atom stereocenters. The molecule has 3 N–H and O–H groups in total. The van der Waals surface area contributed by atoms with Gasteiger partial charge in [-0.1, -0.05) is 12.1 Å². The normalized spacial score (nSPS) is 10.2. The second kappa shape index (κ2) is 6.63. The van der Waals surface area contributed by atoms with E-state index in [2.05, 4.69) is 21.2 Å². The van der Waals surface area contributed by atoms with Gasteiger partial charge in [-0.3, -0.25) is 4.79 Å². The Labute approximate surface area is 132 Å². The maximum atomic E-state index is 12.4. The van der Waals surface area contributed by atoms with Crippen molar-refractivity contribution in [3.05, 3.63) is 52.0 Å². The number of anilines is 2. The smallest absolute Gasteiger partial charge is 0.256 e. The number of nitrogens with two attached hydrogens (primary N) is 1. The van der Waals surface area contributed by atoms with Crippen LogP contribution >= 0.6 is 15.9 Å². The van der Waals surface area contributed by atoms with Crippen LogP contribution in [0.4, 0.5) is 11.4 Å². The predicted molar refractivity (Wildman–Crippen MR) is 88.9 cm³/mol. The van der Waals surface area contributed by atoms with Crippen LogP contribution in [0, 0.1) is 6.92 Å². The number of ether oxygens (including phenoxy) is 1. The van der Waals surface area contributed by atoms with E-state index in [1.54, 1.807) is 18.2 Å². The average molecular weight is 349 g/mol. The summed E-state index contributed by atoms with van der Waals surface area (Å²) in [6.07, 6.45) is 0. The van der Waals surface area contributed by atoms with Crippen LogP contribution < -0.4 is 15.8 Å². The van der Waals surface area contributed by atoms with Crippen molar-refractivity contribution in [2.45, 2.75) is 13.8 Å². The zero-order valence-corrected chi connectivity index (χ0v) is 13.5. The van der Waals surface area contributed by atoms with E-state index < -0.39 is 0 Å². The van der Waals surface area contributed by atoms with E-state index in [1.165, 1.54) is 0 Å². The van der Waals surface area contributed by atoms with Gasteiger partial charge in [-0.15, -0.1) is 0 Å². The van der Waals surface area contributed by atoms with Gasteiger partial charge in [-0.2, -0.15) is 0 Å². The Bertz CT molecular complexity index is 671. The zero-order chi connectivity index (χ0) is 15.4. The lowest BCUT2D eigenvalue weighted by atomic mass is 10.1. The van der Waals surface area contributed by atoms with Crippen molar-refractivity contribution in [2.24, 2.45) is 0 Å². The number of carbonyl (C=O) groups is 1. The Morgan fingerprint density at radius 1 is 1.33 bits per heavy atom. The molecule has 0 radical (unpaired) electrons. The fourth-order valence-corrected chi connectivity index (χ4v) is 2.37. The number of benzene rings is 2.